The summed E-state index contributed by atoms with van der Waals surface area (Å²) in [4.78, 5) is 3.85. The molecule has 0 aromatic heterocycles. The zero-order valence-electron chi connectivity index (χ0n) is 6.05. The fourth-order valence-corrected chi connectivity index (χ4v) is 1.38. The molecule has 0 aliphatic carbocycles. The van der Waals surface area contributed by atoms with Crippen LogP contribution >= 0.6 is 15.9 Å². The van der Waals surface area contributed by atoms with Crippen molar-refractivity contribution in [1.82, 2.24) is 0 Å². The molecule has 0 amide bonds. The maximum absolute atomic E-state index is 3.85. The summed E-state index contributed by atoms with van der Waals surface area (Å²) in [5.74, 6) is 0. The van der Waals surface area contributed by atoms with Crippen LogP contribution in [0.15, 0.2) is 34.2 Å². The highest BCUT2D eigenvalue weighted by Crippen LogP contribution is 2.27. The average molecular weight is 210 g/mol. The highest BCUT2D eigenvalue weighted by atomic mass is 79.9. The van der Waals surface area contributed by atoms with Crippen LogP contribution < -0.4 is 0 Å². The number of hydrogen-bond acceptors (Lipinski definition) is 1. The van der Waals surface area contributed by atoms with E-state index in [9.17, 15) is 0 Å². The minimum atomic E-state index is 0.856. The van der Waals surface area contributed by atoms with E-state index in [4.69, 9.17) is 0 Å². The smallest absolute Gasteiger partial charge is 0.0705 e. The van der Waals surface area contributed by atoms with Crippen molar-refractivity contribution in [1.29, 1.82) is 0 Å². The average Bonchev–Trinajstić information content (AvgIpc) is 2.04. The van der Waals surface area contributed by atoms with Gasteiger partial charge in [-0.15, -0.1) is 0 Å². The number of aliphatic imine (C=N–C) groups is 1. The van der Waals surface area contributed by atoms with Crippen LogP contribution in [0.3, 0.4) is 0 Å². The third-order valence-electron chi connectivity index (χ3n) is 1.40. The quantitative estimate of drug-likeness (QED) is 0.663. The number of hydrogen-bond donors (Lipinski definition) is 0. The fraction of sp³-hybridized carbons (Fsp3) is 0. The van der Waals surface area contributed by atoms with E-state index in [0.29, 0.717) is 0 Å². The minimum absolute atomic E-state index is 0.856. The van der Waals surface area contributed by atoms with Crippen LogP contribution in [0.25, 0.3) is 6.08 Å². The summed E-state index contributed by atoms with van der Waals surface area (Å²) in [5.41, 5.74) is 1.84. The van der Waals surface area contributed by atoms with Crippen LogP contribution in [0, 0.1) is 0 Å². The number of benzene rings is 1. The van der Waals surface area contributed by atoms with Crippen LogP contribution in [0.2, 0.25) is 0 Å². The van der Waals surface area contributed by atoms with Gasteiger partial charge in [0.15, 0.2) is 0 Å². The Morgan fingerprint density at radius 1 is 1.45 bits per heavy atom. The number of nitrogens with zero attached hydrogens (tertiary/aromatic N) is 1. The van der Waals surface area contributed by atoms with Crippen molar-refractivity contribution >= 4 is 34.4 Å². The van der Waals surface area contributed by atoms with Crippen molar-refractivity contribution in [3.63, 3.8) is 0 Å². The summed E-state index contributed by atoms with van der Waals surface area (Å²) in [6.45, 7) is 7.14. The predicted octanol–water partition coefficient (Wildman–Crippen LogP) is 3.42. The van der Waals surface area contributed by atoms with Gasteiger partial charge >= 0.3 is 0 Å². The third-order valence-corrected chi connectivity index (χ3v) is 2.10. The molecule has 0 fully saturated rings. The Hall–Kier alpha value is -0.890. The molecule has 0 bridgehead atoms. The molecule has 0 saturated carbocycles. The SMILES string of the molecule is C=Cc1c(Br)cccc1N=C. The monoisotopic (exact) mass is 209 g/mol. The van der Waals surface area contributed by atoms with Gasteiger partial charge < -0.3 is 0 Å². The minimum Gasteiger partial charge on any atom is -0.264 e. The molecule has 0 radical (unpaired) electrons. The van der Waals surface area contributed by atoms with E-state index in [1.54, 1.807) is 6.08 Å². The molecule has 0 unspecified atom stereocenters. The highest BCUT2D eigenvalue weighted by Gasteiger charge is 1.99. The first kappa shape index (κ1) is 8.21. The fourth-order valence-electron chi connectivity index (χ4n) is 0.866. The van der Waals surface area contributed by atoms with Gasteiger partial charge in [-0.05, 0) is 18.9 Å². The molecule has 0 atom stereocenters. The first-order chi connectivity index (χ1) is 5.29. The Balaban J connectivity index is 3.35. The zero-order chi connectivity index (χ0) is 8.27. The van der Waals surface area contributed by atoms with Gasteiger partial charge in [0.1, 0.15) is 0 Å². The second-order valence-electron chi connectivity index (χ2n) is 2.03. The van der Waals surface area contributed by atoms with Crippen molar-refractivity contribution in [2.75, 3.05) is 0 Å². The number of rotatable bonds is 2. The van der Waals surface area contributed by atoms with E-state index in [1.807, 2.05) is 18.2 Å². The molecule has 1 rings (SSSR count). The molecule has 0 heterocycles. The second kappa shape index (κ2) is 3.49. The standard InChI is InChI=1S/C9H8BrN/c1-3-7-8(10)5-4-6-9(7)11-2/h3-6H,1-2H2. The van der Waals surface area contributed by atoms with Crippen molar-refractivity contribution in [2.24, 2.45) is 4.99 Å². The molecule has 0 spiro atoms. The van der Waals surface area contributed by atoms with Crippen LogP contribution in [0.4, 0.5) is 5.69 Å². The lowest BCUT2D eigenvalue weighted by Crippen LogP contribution is -1.75. The van der Waals surface area contributed by atoms with Crippen LogP contribution in [-0.4, -0.2) is 6.72 Å². The Morgan fingerprint density at radius 3 is 2.64 bits per heavy atom. The van der Waals surface area contributed by atoms with Crippen molar-refractivity contribution in [3.05, 3.63) is 34.8 Å². The Morgan fingerprint density at radius 2 is 2.18 bits per heavy atom. The zero-order valence-corrected chi connectivity index (χ0v) is 7.63. The van der Waals surface area contributed by atoms with E-state index in [2.05, 4.69) is 34.2 Å². The summed E-state index contributed by atoms with van der Waals surface area (Å²) in [6, 6.07) is 5.77. The Labute approximate surface area is 74.6 Å². The van der Waals surface area contributed by atoms with Crippen LogP contribution in [0.1, 0.15) is 5.56 Å². The molecule has 56 valence electrons. The first-order valence-corrected chi connectivity index (χ1v) is 3.96. The van der Waals surface area contributed by atoms with Gasteiger partial charge in [-0.3, -0.25) is 4.99 Å². The van der Waals surface area contributed by atoms with Crippen LogP contribution in [-0.2, 0) is 0 Å². The van der Waals surface area contributed by atoms with Crippen molar-refractivity contribution in [3.8, 4) is 0 Å². The van der Waals surface area contributed by atoms with E-state index in [1.165, 1.54) is 0 Å². The largest absolute Gasteiger partial charge is 0.264 e. The maximum atomic E-state index is 3.85. The summed E-state index contributed by atoms with van der Waals surface area (Å²) in [6.07, 6.45) is 1.76. The van der Waals surface area contributed by atoms with Gasteiger partial charge in [-0.2, -0.15) is 0 Å². The highest BCUT2D eigenvalue weighted by molar-refractivity contribution is 9.10. The maximum Gasteiger partial charge on any atom is 0.0705 e. The molecule has 1 aromatic rings. The summed E-state index contributed by atoms with van der Waals surface area (Å²) < 4.78 is 0.998. The van der Waals surface area contributed by atoms with Crippen molar-refractivity contribution < 1.29 is 0 Å². The summed E-state index contributed by atoms with van der Waals surface area (Å²) in [5, 5.41) is 0. The Bertz CT molecular complexity index is 292. The molecular formula is C9H8BrN. The van der Waals surface area contributed by atoms with Gasteiger partial charge in [0.2, 0.25) is 0 Å². The lowest BCUT2D eigenvalue weighted by atomic mass is 10.2. The normalized spacial score (nSPS) is 9.18. The van der Waals surface area contributed by atoms with Gasteiger partial charge in [0.25, 0.3) is 0 Å². The van der Waals surface area contributed by atoms with Gasteiger partial charge in [0, 0.05) is 10.0 Å². The van der Waals surface area contributed by atoms with Gasteiger partial charge in [0.05, 0.1) is 5.69 Å². The Kier molecular flexibility index (Phi) is 2.60. The molecule has 1 aromatic carbocycles. The van der Waals surface area contributed by atoms with E-state index in [-0.39, 0.29) is 0 Å². The molecule has 0 aliphatic rings. The van der Waals surface area contributed by atoms with E-state index < -0.39 is 0 Å². The van der Waals surface area contributed by atoms with Crippen molar-refractivity contribution in [2.45, 2.75) is 0 Å². The molecular weight excluding hydrogens is 202 g/mol. The molecule has 11 heavy (non-hydrogen) atoms. The predicted molar refractivity (Wildman–Crippen MR) is 53.4 cm³/mol. The first-order valence-electron chi connectivity index (χ1n) is 3.17. The molecule has 0 saturated heterocycles. The summed E-state index contributed by atoms with van der Waals surface area (Å²) in [7, 11) is 0. The lowest BCUT2D eigenvalue weighted by molar-refractivity contribution is 1.50. The van der Waals surface area contributed by atoms with Gasteiger partial charge in [-0.1, -0.05) is 34.7 Å². The molecule has 0 N–H and O–H groups in total. The van der Waals surface area contributed by atoms with Crippen LogP contribution in [0.5, 0.6) is 0 Å². The summed E-state index contributed by atoms with van der Waals surface area (Å²) >= 11 is 3.39. The second-order valence-corrected chi connectivity index (χ2v) is 2.89. The lowest BCUT2D eigenvalue weighted by Gasteiger charge is -2.00. The topological polar surface area (TPSA) is 12.4 Å². The van der Waals surface area contributed by atoms with E-state index >= 15 is 0 Å². The number of halogens is 1. The van der Waals surface area contributed by atoms with E-state index in [0.717, 1.165) is 15.7 Å². The third kappa shape index (κ3) is 1.57. The molecule has 0 aliphatic heterocycles. The molecule has 2 heteroatoms. The molecule has 1 nitrogen and oxygen atoms in total. The van der Waals surface area contributed by atoms with Gasteiger partial charge in [-0.25, -0.2) is 0 Å².